The van der Waals surface area contributed by atoms with Crippen molar-refractivity contribution >= 4 is 0 Å². The highest BCUT2D eigenvalue weighted by Gasteiger charge is 2.16. The van der Waals surface area contributed by atoms with E-state index in [0.717, 1.165) is 17.9 Å². The van der Waals surface area contributed by atoms with Crippen LogP contribution in [0.2, 0.25) is 0 Å². The number of ether oxygens (including phenoxy) is 1. The third-order valence-electron chi connectivity index (χ3n) is 3.17. The second kappa shape index (κ2) is 6.34. The summed E-state index contributed by atoms with van der Waals surface area (Å²) in [7, 11) is 1.68. The predicted molar refractivity (Wildman–Crippen MR) is 77.5 cm³/mol. The number of rotatable bonds is 5. The van der Waals surface area contributed by atoms with E-state index < -0.39 is 0 Å². The highest BCUT2D eigenvalue weighted by molar-refractivity contribution is 5.40. The van der Waals surface area contributed by atoms with Crippen LogP contribution < -0.4 is 10.1 Å². The predicted octanol–water partition coefficient (Wildman–Crippen LogP) is 3.10. The van der Waals surface area contributed by atoms with Crippen molar-refractivity contribution in [1.82, 2.24) is 10.3 Å². The molecule has 1 atom stereocenters. The highest BCUT2D eigenvalue weighted by Crippen LogP contribution is 2.29. The lowest BCUT2D eigenvalue weighted by atomic mass is 9.98. The van der Waals surface area contributed by atoms with Crippen LogP contribution in [-0.2, 0) is 0 Å². The Hall–Kier alpha value is -1.87. The van der Waals surface area contributed by atoms with Crippen molar-refractivity contribution < 1.29 is 4.74 Å². The Labute approximate surface area is 114 Å². The SMILES string of the molecule is CCNC(c1ccc(C)cc1)c1ccncc1OC. The molecule has 0 aliphatic heterocycles. The molecule has 0 radical (unpaired) electrons. The molecule has 1 aromatic heterocycles. The molecule has 1 N–H and O–H groups in total. The van der Waals surface area contributed by atoms with Crippen LogP contribution >= 0.6 is 0 Å². The number of pyridine rings is 1. The molecule has 1 unspecified atom stereocenters. The summed E-state index contributed by atoms with van der Waals surface area (Å²) < 4.78 is 5.42. The summed E-state index contributed by atoms with van der Waals surface area (Å²) in [6.45, 7) is 5.10. The lowest BCUT2D eigenvalue weighted by Gasteiger charge is -2.21. The number of nitrogens with zero attached hydrogens (tertiary/aromatic N) is 1. The van der Waals surface area contributed by atoms with Gasteiger partial charge in [-0.05, 0) is 25.1 Å². The van der Waals surface area contributed by atoms with Crippen LogP contribution in [0.3, 0.4) is 0 Å². The average Bonchev–Trinajstić information content (AvgIpc) is 2.46. The van der Waals surface area contributed by atoms with Crippen molar-refractivity contribution in [2.24, 2.45) is 0 Å². The molecule has 2 rings (SSSR count). The lowest BCUT2D eigenvalue weighted by molar-refractivity contribution is 0.402. The first-order valence-electron chi connectivity index (χ1n) is 6.54. The molecule has 3 heteroatoms. The summed E-state index contributed by atoms with van der Waals surface area (Å²) >= 11 is 0. The van der Waals surface area contributed by atoms with Crippen LogP contribution in [0.1, 0.15) is 29.7 Å². The number of methoxy groups -OCH3 is 1. The molecule has 0 fully saturated rings. The second-order valence-electron chi connectivity index (χ2n) is 4.52. The summed E-state index contributed by atoms with van der Waals surface area (Å²) in [4.78, 5) is 4.11. The van der Waals surface area contributed by atoms with E-state index >= 15 is 0 Å². The molecule has 100 valence electrons. The van der Waals surface area contributed by atoms with E-state index in [9.17, 15) is 0 Å². The minimum Gasteiger partial charge on any atom is -0.495 e. The molecule has 2 aromatic rings. The summed E-state index contributed by atoms with van der Waals surface area (Å²) in [6, 6.07) is 10.7. The minimum atomic E-state index is 0.128. The molecule has 1 heterocycles. The Morgan fingerprint density at radius 1 is 1.21 bits per heavy atom. The number of aryl methyl sites for hydroxylation is 1. The fourth-order valence-electron chi connectivity index (χ4n) is 2.17. The van der Waals surface area contributed by atoms with Gasteiger partial charge in [-0.25, -0.2) is 0 Å². The van der Waals surface area contributed by atoms with E-state index in [1.807, 2.05) is 6.07 Å². The molecular weight excluding hydrogens is 236 g/mol. The first-order chi connectivity index (χ1) is 9.26. The van der Waals surface area contributed by atoms with Crippen molar-refractivity contribution in [1.29, 1.82) is 0 Å². The number of benzene rings is 1. The Balaban J connectivity index is 2.42. The minimum absolute atomic E-state index is 0.128. The Morgan fingerprint density at radius 3 is 2.58 bits per heavy atom. The molecule has 0 spiro atoms. The Morgan fingerprint density at radius 2 is 1.95 bits per heavy atom. The van der Waals surface area contributed by atoms with Crippen LogP contribution in [0.25, 0.3) is 0 Å². The Kier molecular flexibility index (Phi) is 4.53. The van der Waals surface area contributed by atoms with E-state index in [1.165, 1.54) is 11.1 Å². The van der Waals surface area contributed by atoms with Crippen LogP contribution in [0.5, 0.6) is 5.75 Å². The maximum absolute atomic E-state index is 5.42. The molecule has 0 bridgehead atoms. The summed E-state index contributed by atoms with van der Waals surface area (Å²) in [5.41, 5.74) is 3.61. The van der Waals surface area contributed by atoms with Crippen LogP contribution in [-0.4, -0.2) is 18.6 Å². The van der Waals surface area contributed by atoms with E-state index in [-0.39, 0.29) is 6.04 Å². The standard InChI is InChI=1S/C16H20N2O/c1-4-18-16(13-7-5-12(2)6-8-13)14-9-10-17-11-15(14)19-3/h5-11,16,18H,4H2,1-3H3. The van der Waals surface area contributed by atoms with Gasteiger partial charge in [0, 0.05) is 11.8 Å². The summed E-state index contributed by atoms with van der Waals surface area (Å²) in [5.74, 6) is 0.814. The summed E-state index contributed by atoms with van der Waals surface area (Å²) in [6.07, 6.45) is 3.56. The molecule has 1 aromatic carbocycles. The molecule has 0 amide bonds. The van der Waals surface area contributed by atoms with Gasteiger partial charge in [0.2, 0.25) is 0 Å². The van der Waals surface area contributed by atoms with Gasteiger partial charge in [0.15, 0.2) is 0 Å². The fraction of sp³-hybridized carbons (Fsp3) is 0.312. The van der Waals surface area contributed by atoms with Crippen molar-refractivity contribution in [3.63, 3.8) is 0 Å². The van der Waals surface area contributed by atoms with Gasteiger partial charge in [-0.1, -0.05) is 36.8 Å². The van der Waals surface area contributed by atoms with Crippen molar-refractivity contribution in [3.8, 4) is 5.75 Å². The average molecular weight is 256 g/mol. The molecule has 0 aliphatic carbocycles. The van der Waals surface area contributed by atoms with Crippen LogP contribution in [0.4, 0.5) is 0 Å². The normalized spacial score (nSPS) is 12.2. The van der Waals surface area contributed by atoms with Gasteiger partial charge < -0.3 is 10.1 Å². The Bertz CT molecular complexity index is 523. The number of hydrogen-bond acceptors (Lipinski definition) is 3. The molecule has 19 heavy (non-hydrogen) atoms. The van der Waals surface area contributed by atoms with Gasteiger partial charge in [0.05, 0.1) is 19.3 Å². The second-order valence-corrected chi connectivity index (χ2v) is 4.52. The zero-order valence-corrected chi connectivity index (χ0v) is 11.7. The highest BCUT2D eigenvalue weighted by atomic mass is 16.5. The first kappa shape index (κ1) is 13.6. The molecule has 0 saturated heterocycles. The van der Waals surface area contributed by atoms with E-state index in [0.29, 0.717) is 0 Å². The van der Waals surface area contributed by atoms with Gasteiger partial charge in [0.1, 0.15) is 5.75 Å². The van der Waals surface area contributed by atoms with Gasteiger partial charge in [-0.2, -0.15) is 0 Å². The maximum Gasteiger partial charge on any atom is 0.142 e. The van der Waals surface area contributed by atoms with Crippen molar-refractivity contribution in [2.75, 3.05) is 13.7 Å². The summed E-state index contributed by atoms with van der Waals surface area (Å²) in [5, 5.41) is 3.50. The van der Waals surface area contributed by atoms with Crippen molar-refractivity contribution in [2.45, 2.75) is 19.9 Å². The van der Waals surface area contributed by atoms with Gasteiger partial charge in [0.25, 0.3) is 0 Å². The largest absolute Gasteiger partial charge is 0.495 e. The molecule has 0 saturated carbocycles. The van der Waals surface area contributed by atoms with E-state index in [4.69, 9.17) is 4.74 Å². The fourth-order valence-corrected chi connectivity index (χ4v) is 2.17. The van der Waals surface area contributed by atoms with E-state index in [2.05, 4.69) is 48.4 Å². The lowest BCUT2D eigenvalue weighted by Crippen LogP contribution is -2.22. The number of nitrogens with one attached hydrogen (secondary N) is 1. The molecule has 3 nitrogen and oxygen atoms in total. The topological polar surface area (TPSA) is 34.2 Å². The zero-order valence-electron chi connectivity index (χ0n) is 11.7. The van der Waals surface area contributed by atoms with Crippen molar-refractivity contribution in [3.05, 3.63) is 59.4 Å². The first-order valence-corrected chi connectivity index (χ1v) is 6.54. The smallest absolute Gasteiger partial charge is 0.142 e. The maximum atomic E-state index is 5.42. The molecular formula is C16H20N2O. The number of hydrogen-bond donors (Lipinski definition) is 1. The number of aromatic nitrogens is 1. The monoisotopic (exact) mass is 256 g/mol. The third kappa shape index (κ3) is 3.12. The quantitative estimate of drug-likeness (QED) is 0.892. The molecule has 0 aliphatic rings. The van der Waals surface area contributed by atoms with Gasteiger partial charge >= 0.3 is 0 Å². The van der Waals surface area contributed by atoms with Gasteiger partial charge in [-0.3, -0.25) is 4.98 Å². The van der Waals surface area contributed by atoms with Gasteiger partial charge in [-0.15, -0.1) is 0 Å². The van der Waals surface area contributed by atoms with Crippen LogP contribution in [0.15, 0.2) is 42.7 Å². The van der Waals surface area contributed by atoms with E-state index in [1.54, 1.807) is 19.5 Å². The third-order valence-corrected chi connectivity index (χ3v) is 3.17. The zero-order chi connectivity index (χ0) is 13.7. The van der Waals surface area contributed by atoms with Crippen LogP contribution in [0, 0.1) is 6.92 Å².